The van der Waals surface area contributed by atoms with Crippen LogP contribution in [0.1, 0.15) is 52.4 Å². The van der Waals surface area contributed by atoms with Gasteiger partial charge >= 0.3 is 5.97 Å². The van der Waals surface area contributed by atoms with Crippen molar-refractivity contribution in [3.8, 4) is 0 Å². The topological polar surface area (TPSA) is 114 Å². The van der Waals surface area contributed by atoms with E-state index in [1.54, 1.807) is 0 Å². The number of amides is 2. The minimum absolute atomic E-state index is 0.0607. The lowest BCUT2D eigenvalue weighted by molar-refractivity contribution is -0.145. The van der Waals surface area contributed by atoms with Gasteiger partial charge in [-0.15, -0.1) is 0 Å². The maximum Gasteiger partial charge on any atom is 0.305 e. The molecule has 3 N–H and O–H groups in total. The molecule has 0 aromatic rings. The molecule has 0 radical (unpaired) electrons. The van der Waals surface area contributed by atoms with Crippen molar-refractivity contribution in [2.24, 2.45) is 11.8 Å². The Morgan fingerprint density at radius 2 is 2.10 bits per heavy atom. The predicted octanol–water partition coefficient (Wildman–Crippen LogP) is 1.32. The van der Waals surface area contributed by atoms with Crippen LogP contribution >= 0.6 is 0 Å². The molecular weight excluding hydrogens is 376 g/mol. The summed E-state index contributed by atoms with van der Waals surface area (Å²) in [6.45, 7) is 4.85. The summed E-state index contributed by atoms with van der Waals surface area (Å²) in [6.07, 6.45) is 7.35. The molecule has 8 heteroatoms. The molecule has 0 aromatic heterocycles. The highest BCUT2D eigenvalue weighted by molar-refractivity contribution is 5.86. The fourth-order valence-electron chi connectivity index (χ4n) is 2.87. The van der Waals surface area contributed by atoms with Crippen LogP contribution in [0.2, 0.25) is 0 Å². The number of aliphatic hydroxyl groups is 1. The van der Waals surface area contributed by atoms with E-state index in [9.17, 15) is 14.4 Å². The molecule has 1 rings (SSSR count). The normalized spacial score (nSPS) is 21.9. The summed E-state index contributed by atoms with van der Waals surface area (Å²) in [5, 5.41) is 14.4. The first-order chi connectivity index (χ1) is 13.9. The molecule has 0 aromatic carbocycles. The molecule has 1 aliphatic rings. The van der Waals surface area contributed by atoms with E-state index in [-0.39, 0.29) is 56.0 Å². The van der Waals surface area contributed by atoms with E-state index in [0.29, 0.717) is 26.0 Å². The first-order valence-electron chi connectivity index (χ1n) is 10.5. The van der Waals surface area contributed by atoms with Gasteiger partial charge in [0, 0.05) is 19.4 Å². The number of hydrogen-bond donors (Lipinski definition) is 3. The van der Waals surface area contributed by atoms with Crippen molar-refractivity contribution in [1.29, 1.82) is 0 Å². The molecule has 0 spiro atoms. The van der Waals surface area contributed by atoms with E-state index < -0.39 is 5.92 Å². The molecule has 2 unspecified atom stereocenters. The van der Waals surface area contributed by atoms with Crippen molar-refractivity contribution >= 4 is 17.8 Å². The molecule has 2 atom stereocenters. The number of cyclic esters (lactones) is 1. The standard InChI is InChI=1S/C21H36N2O6/c1-16(2)18-15-29-20(26)9-7-5-3-4-6-8-17(21(27)23-18)14-19(25)22-10-12-28-13-11-24/h4,6,16-18,24H,3,5,7-15H2,1-2H3,(H,22,25)(H,23,27). The molecule has 0 saturated heterocycles. The minimum Gasteiger partial charge on any atom is -0.463 e. The summed E-state index contributed by atoms with van der Waals surface area (Å²) >= 11 is 0. The molecular formula is C21H36N2O6. The summed E-state index contributed by atoms with van der Waals surface area (Å²) in [5.41, 5.74) is 0. The number of carbonyl (C=O) groups excluding carboxylic acids is 3. The Kier molecular flexibility index (Phi) is 13.0. The van der Waals surface area contributed by atoms with Crippen LogP contribution < -0.4 is 10.6 Å². The Bertz CT molecular complexity index is 535. The Hall–Kier alpha value is -1.93. The van der Waals surface area contributed by atoms with E-state index in [1.165, 1.54) is 0 Å². The van der Waals surface area contributed by atoms with Crippen LogP contribution in [0.25, 0.3) is 0 Å². The second-order valence-electron chi connectivity index (χ2n) is 7.58. The Morgan fingerprint density at radius 3 is 2.83 bits per heavy atom. The summed E-state index contributed by atoms with van der Waals surface area (Å²) in [5.74, 6) is -1.09. The minimum atomic E-state index is -0.496. The van der Waals surface area contributed by atoms with Crippen LogP contribution in [-0.2, 0) is 23.9 Å². The first-order valence-corrected chi connectivity index (χ1v) is 10.5. The third kappa shape index (κ3) is 11.6. The summed E-state index contributed by atoms with van der Waals surface area (Å²) in [4.78, 5) is 36.9. The molecule has 8 nitrogen and oxygen atoms in total. The number of ether oxygens (including phenoxy) is 2. The quantitative estimate of drug-likeness (QED) is 0.315. The van der Waals surface area contributed by atoms with Gasteiger partial charge in [-0.3, -0.25) is 14.4 Å². The number of carbonyl (C=O) groups is 3. The van der Waals surface area contributed by atoms with Crippen molar-refractivity contribution in [2.75, 3.05) is 33.0 Å². The fourth-order valence-corrected chi connectivity index (χ4v) is 2.87. The van der Waals surface area contributed by atoms with Gasteiger partial charge in [-0.1, -0.05) is 26.0 Å². The zero-order valence-corrected chi connectivity index (χ0v) is 17.7. The van der Waals surface area contributed by atoms with Gasteiger partial charge in [0.1, 0.15) is 6.61 Å². The monoisotopic (exact) mass is 412 g/mol. The largest absolute Gasteiger partial charge is 0.463 e. The van der Waals surface area contributed by atoms with Gasteiger partial charge < -0.3 is 25.2 Å². The smallest absolute Gasteiger partial charge is 0.305 e. The van der Waals surface area contributed by atoms with E-state index >= 15 is 0 Å². The lowest BCUT2D eigenvalue weighted by atomic mass is 9.97. The maximum absolute atomic E-state index is 12.8. The lowest BCUT2D eigenvalue weighted by Crippen LogP contribution is -2.45. The average Bonchev–Trinajstić information content (AvgIpc) is 2.68. The Morgan fingerprint density at radius 1 is 1.31 bits per heavy atom. The summed E-state index contributed by atoms with van der Waals surface area (Å²) in [7, 11) is 0. The van der Waals surface area contributed by atoms with E-state index in [1.807, 2.05) is 26.0 Å². The van der Waals surface area contributed by atoms with Crippen molar-refractivity contribution in [2.45, 2.75) is 58.4 Å². The molecule has 0 saturated carbocycles. The van der Waals surface area contributed by atoms with Gasteiger partial charge in [0.15, 0.2) is 0 Å². The summed E-state index contributed by atoms with van der Waals surface area (Å²) in [6, 6.07) is -0.296. The Balaban J connectivity index is 2.69. The molecule has 0 fully saturated rings. The molecule has 2 amide bonds. The number of rotatable bonds is 8. The number of nitrogens with one attached hydrogen (secondary N) is 2. The van der Waals surface area contributed by atoms with Gasteiger partial charge in [-0.05, 0) is 31.6 Å². The van der Waals surface area contributed by atoms with Gasteiger partial charge in [0.25, 0.3) is 0 Å². The predicted molar refractivity (Wildman–Crippen MR) is 109 cm³/mol. The molecule has 1 heterocycles. The first kappa shape index (κ1) is 25.1. The third-order valence-electron chi connectivity index (χ3n) is 4.75. The van der Waals surface area contributed by atoms with Crippen LogP contribution in [0.5, 0.6) is 0 Å². The highest BCUT2D eigenvalue weighted by Crippen LogP contribution is 2.14. The molecule has 166 valence electrons. The molecule has 29 heavy (non-hydrogen) atoms. The fraction of sp³-hybridized carbons (Fsp3) is 0.762. The van der Waals surface area contributed by atoms with E-state index in [2.05, 4.69) is 10.6 Å². The van der Waals surface area contributed by atoms with E-state index in [4.69, 9.17) is 14.6 Å². The molecule has 1 aliphatic heterocycles. The second-order valence-corrected chi connectivity index (χ2v) is 7.58. The van der Waals surface area contributed by atoms with Gasteiger partial charge in [-0.25, -0.2) is 0 Å². The summed E-state index contributed by atoms with van der Waals surface area (Å²) < 4.78 is 10.4. The molecule has 0 bridgehead atoms. The number of aliphatic hydroxyl groups excluding tert-OH is 1. The SMILES string of the molecule is CC(C)C1COC(=O)CCCCC=CCC(CC(=O)NCCOCCO)C(=O)N1. The maximum atomic E-state index is 12.8. The third-order valence-corrected chi connectivity index (χ3v) is 4.75. The zero-order valence-electron chi connectivity index (χ0n) is 17.7. The Labute approximate surface area is 173 Å². The van der Waals surface area contributed by atoms with Crippen LogP contribution in [-0.4, -0.2) is 61.9 Å². The molecule has 0 aliphatic carbocycles. The number of hydrogen-bond acceptors (Lipinski definition) is 6. The number of esters is 1. The van der Waals surface area contributed by atoms with E-state index in [0.717, 1.165) is 19.3 Å². The van der Waals surface area contributed by atoms with Gasteiger partial charge in [-0.2, -0.15) is 0 Å². The van der Waals surface area contributed by atoms with Crippen LogP contribution in [0.4, 0.5) is 0 Å². The number of allylic oxidation sites excluding steroid dienone is 2. The van der Waals surface area contributed by atoms with Gasteiger partial charge in [0.05, 0.1) is 31.8 Å². The van der Waals surface area contributed by atoms with Gasteiger partial charge in [0.2, 0.25) is 11.8 Å². The van der Waals surface area contributed by atoms with Crippen molar-refractivity contribution in [3.63, 3.8) is 0 Å². The highest BCUT2D eigenvalue weighted by atomic mass is 16.5. The highest BCUT2D eigenvalue weighted by Gasteiger charge is 2.25. The van der Waals surface area contributed by atoms with Crippen molar-refractivity contribution < 1.29 is 29.0 Å². The lowest BCUT2D eigenvalue weighted by Gasteiger charge is -2.25. The van der Waals surface area contributed by atoms with Crippen LogP contribution in [0, 0.1) is 11.8 Å². The van der Waals surface area contributed by atoms with Crippen LogP contribution in [0.3, 0.4) is 0 Å². The second kappa shape index (κ2) is 15.0. The zero-order chi connectivity index (χ0) is 21.5. The van der Waals surface area contributed by atoms with Crippen molar-refractivity contribution in [1.82, 2.24) is 10.6 Å². The van der Waals surface area contributed by atoms with Crippen LogP contribution in [0.15, 0.2) is 12.2 Å². The van der Waals surface area contributed by atoms with Crippen molar-refractivity contribution in [3.05, 3.63) is 12.2 Å². The average molecular weight is 413 g/mol.